The normalized spacial score (nSPS) is 18.3. The Morgan fingerprint density at radius 2 is 2.20 bits per heavy atom. The van der Waals surface area contributed by atoms with Crippen molar-refractivity contribution in [3.63, 3.8) is 0 Å². The number of nitrogens with two attached hydrogens (primary N) is 1. The first-order valence-electron chi connectivity index (χ1n) is 4.92. The minimum absolute atomic E-state index is 0.211. The lowest BCUT2D eigenvalue weighted by atomic mass is 9.88. The van der Waals surface area contributed by atoms with E-state index < -0.39 is 0 Å². The van der Waals surface area contributed by atoms with Gasteiger partial charge in [-0.2, -0.15) is 0 Å². The highest BCUT2D eigenvalue weighted by atomic mass is 16.5. The van der Waals surface area contributed by atoms with E-state index in [1.807, 2.05) is 19.1 Å². The first-order valence-corrected chi connectivity index (χ1v) is 4.92. The molecule has 0 radical (unpaired) electrons. The van der Waals surface area contributed by atoms with E-state index in [2.05, 4.69) is 11.5 Å². The Kier molecular flexibility index (Phi) is 2.65. The molecule has 15 heavy (non-hydrogen) atoms. The summed E-state index contributed by atoms with van der Waals surface area (Å²) in [4.78, 5) is 0. The Hall–Kier alpha value is -1.10. The Morgan fingerprint density at radius 1 is 1.47 bits per heavy atom. The standard InChI is InChI=1S/C11H16N2O2/c1-8-5-9(3-4-10(8)14-2)11(13-12)6-15-7-11/h3-5,13H,6-7,12H2,1-2H3. The van der Waals surface area contributed by atoms with Crippen LogP contribution in [0, 0.1) is 6.92 Å². The van der Waals surface area contributed by atoms with Gasteiger partial charge in [-0.1, -0.05) is 12.1 Å². The molecule has 1 saturated heterocycles. The molecule has 0 unspecified atom stereocenters. The fourth-order valence-corrected chi connectivity index (χ4v) is 1.82. The van der Waals surface area contributed by atoms with Crippen molar-refractivity contribution in [2.24, 2.45) is 5.84 Å². The van der Waals surface area contributed by atoms with E-state index in [0.29, 0.717) is 13.2 Å². The highest BCUT2D eigenvalue weighted by molar-refractivity contribution is 5.40. The second-order valence-corrected chi connectivity index (χ2v) is 3.90. The van der Waals surface area contributed by atoms with Crippen LogP contribution < -0.4 is 16.0 Å². The molecule has 2 rings (SSSR count). The third kappa shape index (κ3) is 1.61. The van der Waals surface area contributed by atoms with Gasteiger partial charge < -0.3 is 9.47 Å². The molecule has 4 nitrogen and oxygen atoms in total. The van der Waals surface area contributed by atoms with Crippen molar-refractivity contribution in [3.8, 4) is 5.75 Å². The lowest BCUT2D eigenvalue weighted by Crippen LogP contribution is -2.60. The van der Waals surface area contributed by atoms with Crippen LogP contribution in [-0.4, -0.2) is 20.3 Å². The number of hydrogen-bond donors (Lipinski definition) is 2. The number of hydrazine groups is 1. The van der Waals surface area contributed by atoms with E-state index in [-0.39, 0.29) is 5.54 Å². The number of benzene rings is 1. The van der Waals surface area contributed by atoms with Crippen LogP contribution in [0.3, 0.4) is 0 Å². The van der Waals surface area contributed by atoms with Crippen LogP contribution in [0.4, 0.5) is 0 Å². The third-order valence-electron chi connectivity index (χ3n) is 2.92. The number of aryl methyl sites for hydroxylation is 1. The summed E-state index contributed by atoms with van der Waals surface area (Å²) < 4.78 is 10.4. The highest BCUT2D eigenvalue weighted by Crippen LogP contribution is 2.31. The highest BCUT2D eigenvalue weighted by Gasteiger charge is 2.39. The summed E-state index contributed by atoms with van der Waals surface area (Å²) in [6.07, 6.45) is 0. The van der Waals surface area contributed by atoms with Crippen LogP contribution in [0.15, 0.2) is 18.2 Å². The van der Waals surface area contributed by atoms with E-state index in [4.69, 9.17) is 15.3 Å². The SMILES string of the molecule is COc1ccc(C2(NN)COC2)cc1C. The van der Waals surface area contributed by atoms with Crippen molar-refractivity contribution >= 4 is 0 Å². The molecule has 82 valence electrons. The summed E-state index contributed by atoms with van der Waals surface area (Å²) in [5.41, 5.74) is 4.87. The lowest BCUT2D eigenvalue weighted by Gasteiger charge is -2.41. The van der Waals surface area contributed by atoms with Gasteiger partial charge in [0.05, 0.1) is 20.3 Å². The molecule has 0 bridgehead atoms. The zero-order valence-corrected chi connectivity index (χ0v) is 9.04. The molecule has 1 aliphatic heterocycles. The van der Waals surface area contributed by atoms with Gasteiger partial charge in [0, 0.05) is 0 Å². The second-order valence-electron chi connectivity index (χ2n) is 3.90. The van der Waals surface area contributed by atoms with E-state index in [1.165, 1.54) is 0 Å². The predicted octanol–water partition coefficient (Wildman–Crippen LogP) is 0.692. The van der Waals surface area contributed by atoms with Gasteiger partial charge in [-0.05, 0) is 24.1 Å². The molecule has 1 heterocycles. The minimum atomic E-state index is -0.211. The molecule has 3 N–H and O–H groups in total. The van der Waals surface area contributed by atoms with Crippen molar-refractivity contribution in [2.45, 2.75) is 12.5 Å². The molecule has 4 heteroatoms. The van der Waals surface area contributed by atoms with Gasteiger partial charge in [0.2, 0.25) is 0 Å². The molecule has 0 aliphatic carbocycles. The summed E-state index contributed by atoms with van der Waals surface area (Å²) in [5.74, 6) is 6.45. The Bertz CT molecular complexity index is 356. The summed E-state index contributed by atoms with van der Waals surface area (Å²) in [6, 6.07) is 6.07. The van der Waals surface area contributed by atoms with Crippen LogP contribution in [0.2, 0.25) is 0 Å². The monoisotopic (exact) mass is 208 g/mol. The second kappa shape index (κ2) is 3.81. The van der Waals surface area contributed by atoms with Gasteiger partial charge in [-0.15, -0.1) is 0 Å². The zero-order valence-electron chi connectivity index (χ0n) is 9.04. The summed E-state index contributed by atoms with van der Waals surface area (Å²) in [5, 5.41) is 0. The van der Waals surface area contributed by atoms with Gasteiger partial charge in [0.1, 0.15) is 11.3 Å². The number of rotatable bonds is 3. The lowest BCUT2D eigenvalue weighted by molar-refractivity contribution is -0.0787. The molecule has 0 amide bonds. The zero-order chi connectivity index (χ0) is 10.9. The summed E-state index contributed by atoms with van der Waals surface area (Å²) in [7, 11) is 1.67. The summed E-state index contributed by atoms with van der Waals surface area (Å²) >= 11 is 0. The smallest absolute Gasteiger partial charge is 0.121 e. The van der Waals surface area contributed by atoms with Crippen molar-refractivity contribution < 1.29 is 9.47 Å². The van der Waals surface area contributed by atoms with E-state index in [1.54, 1.807) is 7.11 Å². The predicted molar refractivity (Wildman–Crippen MR) is 57.6 cm³/mol. The molecular formula is C11H16N2O2. The van der Waals surface area contributed by atoms with Crippen LogP contribution in [0.1, 0.15) is 11.1 Å². The minimum Gasteiger partial charge on any atom is -0.496 e. The first-order chi connectivity index (χ1) is 7.22. The topological polar surface area (TPSA) is 56.5 Å². The number of nitrogens with one attached hydrogen (secondary N) is 1. The molecule has 1 aromatic rings. The molecule has 0 atom stereocenters. The van der Waals surface area contributed by atoms with Crippen LogP contribution in [0.25, 0.3) is 0 Å². The average molecular weight is 208 g/mol. The van der Waals surface area contributed by atoms with Gasteiger partial charge in [-0.25, -0.2) is 5.43 Å². The first kappa shape index (κ1) is 10.4. The number of hydrogen-bond acceptors (Lipinski definition) is 4. The van der Waals surface area contributed by atoms with E-state index in [9.17, 15) is 0 Å². The quantitative estimate of drug-likeness (QED) is 0.567. The van der Waals surface area contributed by atoms with Gasteiger partial charge in [-0.3, -0.25) is 5.84 Å². The molecule has 1 fully saturated rings. The molecule has 1 aromatic carbocycles. The molecule has 0 aromatic heterocycles. The average Bonchev–Trinajstić information content (AvgIpc) is 2.17. The Labute approximate surface area is 89.3 Å². The van der Waals surface area contributed by atoms with Crippen molar-refractivity contribution in [1.82, 2.24) is 5.43 Å². The number of ether oxygens (including phenoxy) is 2. The largest absolute Gasteiger partial charge is 0.496 e. The van der Waals surface area contributed by atoms with Gasteiger partial charge in [0.25, 0.3) is 0 Å². The Morgan fingerprint density at radius 3 is 2.60 bits per heavy atom. The van der Waals surface area contributed by atoms with Crippen LogP contribution in [-0.2, 0) is 10.3 Å². The maximum atomic E-state index is 5.56. The van der Waals surface area contributed by atoms with Crippen molar-refractivity contribution in [3.05, 3.63) is 29.3 Å². The molecule has 0 saturated carbocycles. The number of methoxy groups -OCH3 is 1. The molecule has 1 aliphatic rings. The maximum Gasteiger partial charge on any atom is 0.121 e. The molecule has 0 spiro atoms. The van der Waals surface area contributed by atoms with Crippen molar-refractivity contribution in [1.29, 1.82) is 0 Å². The summed E-state index contributed by atoms with van der Waals surface area (Å²) in [6.45, 7) is 3.26. The fourth-order valence-electron chi connectivity index (χ4n) is 1.82. The van der Waals surface area contributed by atoms with E-state index in [0.717, 1.165) is 16.9 Å². The van der Waals surface area contributed by atoms with Crippen LogP contribution in [0.5, 0.6) is 5.75 Å². The van der Waals surface area contributed by atoms with Gasteiger partial charge in [0.15, 0.2) is 0 Å². The maximum absolute atomic E-state index is 5.56. The fraction of sp³-hybridized carbons (Fsp3) is 0.455. The van der Waals surface area contributed by atoms with Gasteiger partial charge >= 0.3 is 0 Å². The van der Waals surface area contributed by atoms with Crippen LogP contribution >= 0.6 is 0 Å². The van der Waals surface area contributed by atoms with Crippen molar-refractivity contribution in [2.75, 3.05) is 20.3 Å². The van der Waals surface area contributed by atoms with E-state index >= 15 is 0 Å². The molecular weight excluding hydrogens is 192 g/mol. The Balaban J connectivity index is 2.33. The third-order valence-corrected chi connectivity index (χ3v) is 2.92.